The number of nitrogens with zero attached hydrogens (tertiary/aromatic N) is 2. The van der Waals surface area contributed by atoms with E-state index in [1.54, 1.807) is 30.5 Å². The number of carbonyl (C=O) groups is 1. The Bertz CT molecular complexity index is 867. The topological polar surface area (TPSA) is 79.4 Å². The maximum atomic E-state index is 12.7. The van der Waals surface area contributed by atoms with Gasteiger partial charge in [-0.3, -0.25) is 4.98 Å². The lowest BCUT2D eigenvalue weighted by molar-refractivity contribution is 0.191. The molecule has 2 aromatic rings. The Balaban J connectivity index is 1.65. The van der Waals surface area contributed by atoms with Gasteiger partial charge in [0.15, 0.2) is 9.84 Å². The molecule has 138 valence electrons. The van der Waals surface area contributed by atoms with Gasteiger partial charge < -0.3 is 10.2 Å². The van der Waals surface area contributed by atoms with E-state index < -0.39 is 9.84 Å². The Morgan fingerprint density at radius 1 is 1.27 bits per heavy atom. The second kappa shape index (κ2) is 7.45. The highest BCUT2D eigenvalue weighted by molar-refractivity contribution is 7.90. The Labute approximate surface area is 154 Å². The monoisotopic (exact) mass is 373 g/mol. The number of urea groups is 1. The van der Waals surface area contributed by atoms with E-state index in [1.165, 1.54) is 6.26 Å². The molecule has 1 aliphatic rings. The van der Waals surface area contributed by atoms with Crippen LogP contribution in [0.1, 0.15) is 30.5 Å². The lowest BCUT2D eigenvalue weighted by Gasteiger charge is -2.25. The zero-order valence-corrected chi connectivity index (χ0v) is 15.7. The first-order valence-electron chi connectivity index (χ1n) is 8.58. The number of sulfone groups is 1. The average Bonchev–Trinajstić information content (AvgIpc) is 3.02. The molecule has 2 unspecified atom stereocenters. The van der Waals surface area contributed by atoms with Crippen LogP contribution >= 0.6 is 0 Å². The predicted octanol–water partition coefficient (Wildman–Crippen LogP) is 2.78. The fourth-order valence-corrected chi connectivity index (χ4v) is 3.92. The van der Waals surface area contributed by atoms with Gasteiger partial charge in [-0.1, -0.05) is 25.1 Å². The molecule has 0 aliphatic carbocycles. The summed E-state index contributed by atoms with van der Waals surface area (Å²) in [6.07, 6.45) is 5.64. The first kappa shape index (κ1) is 18.4. The molecule has 2 heterocycles. The number of carbonyl (C=O) groups excluding carboxylic acids is 1. The van der Waals surface area contributed by atoms with E-state index >= 15 is 0 Å². The fraction of sp³-hybridized carbons (Fsp3) is 0.368. The van der Waals surface area contributed by atoms with Gasteiger partial charge >= 0.3 is 6.03 Å². The van der Waals surface area contributed by atoms with Crippen molar-refractivity contribution < 1.29 is 13.2 Å². The third-order valence-electron chi connectivity index (χ3n) is 4.64. The van der Waals surface area contributed by atoms with Crippen LogP contribution in [0.15, 0.2) is 53.7 Å². The summed E-state index contributed by atoms with van der Waals surface area (Å²) in [5.41, 5.74) is 1.90. The molecule has 1 fully saturated rings. The summed E-state index contributed by atoms with van der Waals surface area (Å²) in [7, 11) is -3.21. The van der Waals surface area contributed by atoms with E-state index in [2.05, 4.69) is 17.2 Å². The SMILES string of the molecule is CC1CC(c2cccnc2)N(C(=O)NCc2ccc(S(C)(=O)=O)cc2)C1. The van der Waals surface area contributed by atoms with Crippen molar-refractivity contribution in [2.24, 2.45) is 5.92 Å². The Morgan fingerprint density at radius 3 is 2.62 bits per heavy atom. The van der Waals surface area contributed by atoms with Crippen molar-refractivity contribution in [3.05, 3.63) is 59.9 Å². The number of rotatable bonds is 4. The standard InChI is InChI=1S/C19H23N3O3S/c1-14-10-18(16-4-3-9-20-12-16)22(13-14)19(23)21-11-15-5-7-17(8-6-15)26(2,24)25/h3-9,12,14,18H,10-11,13H2,1-2H3,(H,21,23). The molecule has 6 nitrogen and oxygen atoms in total. The molecule has 2 atom stereocenters. The number of nitrogens with one attached hydrogen (secondary N) is 1. The lowest BCUT2D eigenvalue weighted by atomic mass is 10.0. The minimum atomic E-state index is -3.21. The van der Waals surface area contributed by atoms with Crippen LogP contribution < -0.4 is 5.32 Å². The van der Waals surface area contributed by atoms with Crippen LogP contribution in [-0.2, 0) is 16.4 Å². The van der Waals surface area contributed by atoms with Crippen LogP contribution in [0.2, 0.25) is 0 Å². The zero-order valence-electron chi connectivity index (χ0n) is 14.9. The minimum Gasteiger partial charge on any atom is -0.334 e. The van der Waals surface area contributed by atoms with Gasteiger partial charge in [0.25, 0.3) is 0 Å². The molecule has 2 amide bonds. The summed E-state index contributed by atoms with van der Waals surface area (Å²) < 4.78 is 23.0. The van der Waals surface area contributed by atoms with Crippen LogP contribution in [-0.4, -0.2) is 37.1 Å². The summed E-state index contributed by atoms with van der Waals surface area (Å²) in [6.45, 7) is 3.20. The lowest BCUT2D eigenvalue weighted by Crippen LogP contribution is -2.39. The summed E-state index contributed by atoms with van der Waals surface area (Å²) in [5, 5.41) is 2.94. The van der Waals surface area contributed by atoms with Crippen LogP contribution in [0, 0.1) is 5.92 Å². The van der Waals surface area contributed by atoms with E-state index in [4.69, 9.17) is 0 Å². The van der Waals surface area contributed by atoms with Crippen molar-refractivity contribution >= 4 is 15.9 Å². The molecular formula is C19H23N3O3S. The van der Waals surface area contributed by atoms with Crippen molar-refractivity contribution in [2.45, 2.75) is 30.8 Å². The second-order valence-corrected chi connectivity index (χ2v) is 8.89. The smallest absolute Gasteiger partial charge is 0.318 e. The molecule has 26 heavy (non-hydrogen) atoms. The molecule has 7 heteroatoms. The quantitative estimate of drug-likeness (QED) is 0.894. The van der Waals surface area contributed by atoms with Crippen LogP contribution in [0.25, 0.3) is 0 Å². The molecule has 1 aromatic heterocycles. The normalized spacial score (nSPS) is 20.2. The van der Waals surface area contributed by atoms with Gasteiger partial charge in [-0.2, -0.15) is 0 Å². The number of hydrogen-bond acceptors (Lipinski definition) is 4. The molecule has 1 saturated heterocycles. The molecular weight excluding hydrogens is 350 g/mol. The van der Waals surface area contributed by atoms with Gasteiger partial charge in [0.1, 0.15) is 0 Å². The second-order valence-electron chi connectivity index (χ2n) is 6.87. The maximum absolute atomic E-state index is 12.7. The third kappa shape index (κ3) is 4.22. The number of likely N-dealkylation sites (tertiary alicyclic amines) is 1. The van der Waals surface area contributed by atoms with Crippen LogP contribution in [0.5, 0.6) is 0 Å². The highest BCUT2D eigenvalue weighted by Crippen LogP contribution is 2.34. The van der Waals surface area contributed by atoms with Gasteiger partial charge in [-0.15, -0.1) is 0 Å². The zero-order chi connectivity index (χ0) is 18.7. The number of hydrogen-bond donors (Lipinski definition) is 1. The maximum Gasteiger partial charge on any atom is 0.318 e. The molecule has 1 N–H and O–H groups in total. The van der Waals surface area contributed by atoms with Crippen molar-refractivity contribution in [1.29, 1.82) is 0 Å². The molecule has 0 bridgehead atoms. The van der Waals surface area contributed by atoms with E-state index in [1.807, 2.05) is 23.2 Å². The predicted molar refractivity (Wildman–Crippen MR) is 99.3 cm³/mol. The van der Waals surface area contributed by atoms with Crippen molar-refractivity contribution in [3.63, 3.8) is 0 Å². The van der Waals surface area contributed by atoms with E-state index in [9.17, 15) is 13.2 Å². The van der Waals surface area contributed by atoms with Gasteiger partial charge in [0, 0.05) is 31.7 Å². The summed E-state index contributed by atoms with van der Waals surface area (Å²) in [6, 6.07) is 10.4. The van der Waals surface area contributed by atoms with Crippen LogP contribution in [0.3, 0.4) is 0 Å². The fourth-order valence-electron chi connectivity index (χ4n) is 3.29. The first-order chi connectivity index (χ1) is 12.3. The summed E-state index contributed by atoms with van der Waals surface area (Å²) >= 11 is 0. The van der Waals surface area contributed by atoms with Gasteiger partial charge in [-0.05, 0) is 41.7 Å². The highest BCUT2D eigenvalue weighted by Gasteiger charge is 2.34. The number of amides is 2. The first-order valence-corrected chi connectivity index (χ1v) is 10.5. The molecule has 0 radical (unpaired) electrons. The Hall–Kier alpha value is -2.41. The van der Waals surface area contributed by atoms with Crippen molar-refractivity contribution in [1.82, 2.24) is 15.2 Å². The molecule has 0 spiro atoms. The largest absolute Gasteiger partial charge is 0.334 e. The number of pyridine rings is 1. The molecule has 3 rings (SSSR count). The molecule has 0 saturated carbocycles. The van der Waals surface area contributed by atoms with Gasteiger partial charge in [0.2, 0.25) is 0 Å². The minimum absolute atomic E-state index is 0.0336. The van der Waals surface area contributed by atoms with Crippen molar-refractivity contribution in [2.75, 3.05) is 12.8 Å². The van der Waals surface area contributed by atoms with Crippen LogP contribution in [0.4, 0.5) is 4.79 Å². The average molecular weight is 373 g/mol. The van der Waals surface area contributed by atoms with Gasteiger partial charge in [0.05, 0.1) is 10.9 Å². The van der Waals surface area contributed by atoms with Gasteiger partial charge in [-0.25, -0.2) is 13.2 Å². The third-order valence-corrected chi connectivity index (χ3v) is 5.76. The molecule has 1 aromatic carbocycles. The Morgan fingerprint density at radius 2 is 2.00 bits per heavy atom. The molecule has 1 aliphatic heterocycles. The number of aromatic nitrogens is 1. The van der Waals surface area contributed by atoms with E-state index in [-0.39, 0.29) is 17.0 Å². The highest BCUT2D eigenvalue weighted by atomic mass is 32.2. The van der Waals surface area contributed by atoms with E-state index in [0.717, 1.165) is 17.5 Å². The van der Waals surface area contributed by atoms with Crippen molar-refractivity contribution in [3.8, 4) is 0 Å². The number of benzene rings is 1. The van der Waals surface area contributed by atoms with E-state index in [0.29, 0.717) is 19.0 Å². The Kier molecular flexibility index (Phi) is 5.27. The summed E-state index contributed by atoms with van der Waals surface area (Å²) in [5.74, 6) is 0.431. The summed E-state index contributed by atoms with van der Waals surface area (Å²) in [4.78, 5) is 19.0.